The highest BCUT2D eigenvalue weighted by Gasteiger charge is 2.24. The lowest BCUT2D eigenvalue weighted by atomic mass is 10.1. The van der Waals surface area contributed by atoms with E-state index >= 15 is 0 Å². The van der Waals surface area contributed by atoms with Gasteiger partial charge in [0.05, 0.1) is 11.5 Å². The molecule has 7 heteroatoms. The number of anilines is 1. The highest BCUT2D eigenvalue weighted by Crippen LogP contribution is 2.22. The predicted molar refractivity (Wildman–Crippen MR) is 77.6 cm³/mol. The Labute approximate surface area is 117 Å². The highest BCUT2D eigenvalue weighted by molar-refractivity contribution is 7.91. The number of halogens is 1. The van der Waals surface area contributed by atoms with E-state index in [0.29, 0.717) is 24.1 Å². The molecule has 1 heterocycles. The zero-order valence-electron chi connectivity index (χ0n) is 10.2. The third-order valence-corrected chi connectivity index (χ3v) is 5.10. The summed E-state index contributed by atoms with van der Waals surface area (Å²) in [4.78, 5) is 0.116. The van der Waals surface area contributed by atoms with E-state index in [1.807, 2.05) is 0 Å². The van der Waals surface area contributed by atoms with Gasteiger partial charge in [0.2, 0.25) is 0 Å². The van der Waals surface area contributed by atoms with Gasteiger partial charge in [-0.15, -0.1) is 0 Å². The topological polar surface area (TPSA) is 72.2 Å². The van der Waals surface area contributed by atoms with E-state index in [-0.39, 0.29) is 22.5 Å². The largest absolute Gasteiger partial charge is 0.389 e. The lowest BCUT2D eigenvalue weighted by molar-refractivity contribution is 0.559. The fourth-order valence-corrected chi connectivity index (χ4v) is 3.76. The summed E-state index contributed by atoms with van der Waals surface area (Å²) in [6.07, 6.45) is 1.08. The molecule has 0 unspecified atom stereocenters. The van der Waals surface area contributed by atoms with E-state index in [0.717, 1.165) is 0 Å². The van der Waals surface area contributed by atoms with Crippen LogP contribution in [-0.4, -0.2) is 31.0 Å². The van der Waals surface area contributed by atoms with Gasteiger partial charge in [-0.1, -0.05) is 12.2 Å². The van der Waals surface area contributed by atoms with Gasteiger partial charge in [0.1, 0.15) is 20.6 Å². The van der Waals surface area contributed by atoms with Crippen LogP contribution in [0.2, 0.25) is 0 Å². The number of hydrogen-bond donors (Lipinski definition) is 2. The molecule has 0 atom stereocenters. The predicted octanol–water partition coefficient (Wildman–Crippen LogP) is 1.45. The van der Waals surface area contributed by atoms with Crippen LogP contribution in [0.25, 0.3) is 0 Å². The minimum Gasteiger partial charge on any atom is -0.389 e. The van der Waals surface area contributed by atoms with Crippen molar-refractivity contribution in [1.29, 1.82) is 0 Å². The summed E-state index contributed by atoms with van der Waals surface area (Å²) in [5.41, 5.74) is 6.66. The number of thiocarbonyl (C=S) groups is 1. The van der Waals surface area contributed by atoms with Crippen LogP contribution in [0.15, 0.2) is 18.2 Å². The van der Waals surface area contributed by atoms with E-state index in [1.54, 1.807) is 6.07 Å². The standard InChI is InChI=1S/C12H15FN2O2S2/c13-8-1-2-11(10(7-8)12(14)18)15-9-3-5-19(16,17)6-4-9/h1-2,7,9,15H,3-6H2,(H2,14,18). The molecule has 1 aromatic carbocycles. The average molecular weight is 302 g/mol. The molecule has 1 fully saturated rings. The van der Waals surface area contributed by atoms with Gasteiger partial charge in [-0.25, -0.2) is 12.8 Å². The van der Waals surface area contributed by atoms with Gasteiger partial charge in [-0.2, -0.15) is 0 Å². The van der Waals surface area contributed by atoms with Gasteiger partial charge >= 0.3 is 0 Å². The van der Waals surface area contributed by atoms with Crippen LogP contribution in [0.5, 0.6) is 0 Å². The highest BCUT2D eigenvalue weighted by atomic mass is 32.2. The maximum absolute atomic E-state index is 13.2. The Hall–Kier alpha value is -1.21. The summed E-state index contributed by atoms with van der Waals surface area (Å²) in [6.45, 7) is 0. The van der Waals surface area contributed by atoms with Gasteiger partial charge in [-0.3, -0.25) is 0 Å². The van der Waals surface area contributed by atoms with E-state index < -0.39 is 15.7 Å². The van der Waals surface area contributed by atoms with Crippen LogP contribution in [-0.2, 0) is 9.84 Å². The van der Waals surface area contributed by atoms with Crippen molar-refractivity contribution in [1.82, 2.24) is 0 Å². The van der Waals surface area contributed by atoms with Crippen LogP contribution in [0.1, 0.15) is 18.4 Å². The Morgan fingerprint density at radius 3 is 2.58 bits per heavy atom. The Balaban J connectivity index is 2.14. The van der Waals surface area contributed by atoms with Crippen molar-refractivity contribution in [2.24, 2.45) is 5.73 Å². The molecule has 0 saturated carbocycles. The first-order valence-electron chi connectivity index (χ1n) is 5.94. The second-order valence-electron chi connectivity index (χ2n) is 4.62. The molecule has 3 N–H and O–H groups in total. The van der Waals surface area contributed by atoms with E-state index in [4.69, 9.17) is 18.0 Å². The molecule has 0 bridgehead atoms. The van der Waals surface area contributed by atoms with Crippen LogP contribution in [0, 0.1) is 5.82 Å². The van der Waals surface area contributed by atoms with Crippen LogP contribution >= 0.6 is 12.2 Å². The fourth-order valence-electron chi connectivity index (χ4n) is 2.10. The van der Waals surface area contributed by atoms with Crippen molar-refractivity contribution < 1.29 is 12.8 Å². The summed E-state index contributed by atoms with van der Waals surface area (Å²) in [5.74, 6) is -0.0534. The molecule has 19 heavy (non-hydrogen) atoms. The van der Waals surface area contributed by atoms with Crippen molar-refractivity contribution in [2.45, 2.75) is 18.9 Å². The maximum atomic E-state index is 13.2. The number of hydrogen-bond acceptors (Lipinski definition) is 4. The van der Waals surface area contributed by atoms with Crippen molar-refractivity contribution in [2.75, 3.05) is 16.8 Å². The van der Waals surface area contributed by atoms with Crippen molar-refractivity contribution in [3.05, 3.63) is 29.6 Å². The molecule has 1 aliphatic rings. The van der Waals surface area contributed by atoms with Crippen LogP contribution in [0.3, 0.4) is 0 Å². The smallest absolute Gasteiger partial charge is 0.150 e. The fraction of sp³-hybridized carbons (Fsp3) is 0.417. The Bertz CT molecular complexity index is 588. The molecule has 1 aliphatic heterocycles. The number of rotatable bonds is 3. The number of sulfone groups is 1. The Kier molecular flexibility index (Phi) is 4.05. The zero-order chi connectivity index (χ0) is 14.0. The quantitative estimate of drug-likeness (QED) is 0.827. The second kappa shape index (κ2) is 5.42. The molecule has 0 aliphatic carbocycles. The molecule has 104 valence electrons. The summed E-state index contributed by atoms with van der Waals surface area (Å²) >= 11 is 4.89. The van der Waals surface area contributed by atoms with E-state index in [1.165, 1.54) is 12.1 Å². The molecule has 1 aromatic rings. The molecular formula is C12H15FN2O2S2. The normalized spacial score (nSPS) is 19.0. The molecule has 2 rings (SSSR count). The van der Waals surface area contributed by atoms with Gasteiger partial charge in [0.15, 0.2) is 0 Å². The molecule has 0 spiro atoms. The first-order valence-corrected chi connectivity index (χ1v) is 8.17. The first-order chi connectivity index (χ1) is 8.87. The Morgan fingerprint density at radius 1 is 1.37 bits per heavy atom. The van der Waals surface area contributed by atoms with Crippen LogP contribution < -0.4 is 11.1 Å². The van der Waals surface area contributed by atoms with E-state index in [9.17, 15) is 12.8 Å². The molecular weight excluding hydrogens is 287 g/mol. The molecule has 0 radical (unpaired) electrons. The Morgan fingerprint density at radius 2 is 2.00 bits per heavy atom. The molecule has 0 aromatic heterocycles. The minimum atomic E-state index is -2.89. The van der Waals surface area contributed by atoms with Gasteiger partial charge in [0, 0.05) is 17.3 Å². The van der Waals surface area contributed by atoms with Crippen molar-refractivity contribution >= 4 is 32.7 Å². The van der Waals surface area contributed by atoms with Gasteiger partial charge < -0.3 is 11.1 Å². The number of benzene rings is 1. The summed E-state index contributed by atoms with van der Waals surface area (Å²) in [6, 6.07) is 4.22. The van der Waals surface area contributed by atoms with E-state index in [2.05, 4.69) is 5.32 Å². The molecule has 0 amide bonds. The van der Waals surface area contributed by atoms with Crippen LogP contribution in [0.4, 0.5) is 10.1 Å². The minimum absolute atomic E-state index is 0.0436. The van der Waals surface area contributed by atoms with Crippen molar-refractivity contribution in [3.63, 3.8) is 0 Å². The monoisotopic (exact) mass is 302 g/mol. The second-order valence-corrected chi connectivity index (χ2v) is 7.37. The van der Waals surface area contributed by atoms with Gasteiger partial charge in [-0.05, 0) is 31.0 Å². The van der Waals surface area contributed by atoms with Crippen molar-refractivity contribution in [3.8, 4) is 0 Å². The average Bonchev–Trinajstić information content (AvgIpc) is 2.33. The molecule has 4 nitrogen and oxygen atoms in total. The molecule has 1 saturated heterocycles. The lowest BCUT2D eigenvalue weighted by Gasteiger charge is -2.25. The number of nitrogens with one attached hydrogen (secondary N) is 1. The third-order valence-electron chi connectivity index (χ3n) is 3.16. The SMILES string of the molecule is NC(=S)c1cc(F)ccc1NC1CCS(=O)(=O)CC1. The summed E-state index contributed by atoms with van der Waals surface area (Å²) in [7, 11) is -2.89. The number of nitrogens with two attached hydrogens (primary N) is 1. The summed E-state index contributed by atoms with van der Waals surface area (Å²) < 4.78 is 35.9. The zero-order valence-corrected chi connectivity index (χ0v) is 11.9. The summed E-state index contributed by atoms with van der Waals surface area (Å²) in [5, 5.41) is 3.20. The van der Waals surface area contributed by atoms with Gasteiger partial charge in [0.25, 0.3) is 0 Å². The third kappa shape index (κ3) is 3.63. The first kappa shape index (κ1) is 14.2. The lowest BCUT2D eigenvalue weighted by Crippen LogP contribution is -2.32. The maximum Gasteiger partial charge on any atom is 0.150 e.